The highest BCUT2D eigenvalue weighted by molar-refractivity contribution is 7.98. The Morgan fingerprint density at radius 1 is 1.11 bits per heavy atom. The molecule has 1 N–H and O–H groups in total. The van der Waals surface area contributed by atoms with E-state index in [-0.39, 0.29) is 0 Å². The molecule has 35 heavy (non-hydrogen) atoms. The van der Waals surface area contributed by atoms with Gasteiger partial charge in [-0.15, -0.1) is 11.8 Å². The molecule has 5 rings (SSSR count). The smallest absolute Gasteiger partial charge is 0.408 e. The Morgan fingerprint density at radius 2 is 1.86 bits per heavy atom. The molecule has 1 amide bonds. The second-order valence-corrected chi connectivity index (χ2v) is 9.82. The van der Waals surface area contributed by atoms with E-state index in [1.165, 1.54) is 10.9 Å². The molecule has 0 fully saturated rings. The molecule has 2 aliphatic heterocycles. The molecule has 2 atom stereocenters. The van der Waals surface area contributed by atoms with Gasteiger partial charge < -0.3 is 10.0 Å². The number of halogens is 4. The molecule has 2 aliphatic rings. The van der Waals surface area contributed by atoms with Crippen molar-refractivity contribution in [3.05, 3.63) is 92.4 Å². The summed E-state index contributed by atoms with van der Waals surface area (Å²) in [7, 11) is 0. The van der Waals surface area contributed by atoms with Crippen LogP contribution in [0.4, 0.5) is 13.2 Å². The number of rotatable bonds is 2. The van der Waals surface area contributed by atoms with Crippen molar-refractivity contribution in [2.24, 2.45) is 0 Å². The zero-order valence-electron chi connectivity index (χ0n) is 18.3. The van der Waals surface area contributed by atoms with Gasteiger partial charge in [0.2, 0.25) is 5.43 Å². The number of alkyl halides is 3. The monoisotopic (exact) mass is 521 g/mol. The van der Waals surface area contributed by atoms with Crippen LogP contribution in [0, 0.1) is 0 Å². The van der Waals surface area contributed by atoms with Gasteiger partial charge in [0.25, 0.3) is 5.91 Å². The van der Waals surface area contributed by atoms with Gasteiger partial charge in [-0.2, -0.15) is 13.2 Å². The number of carbonyl (C=O) groups is 1. The van der Waals surface area contributed by atoms with E-state index in [9.17, 15) is 27.9 Å². The van der Waals surface area contributed by atoms with Gasteiger partial charge in [-0.3, -0.25) is 19.3 Å². The second kappa shape index (κ2) is 8.53. The van der Waals surface area contributed by atoms with E-state index in [0.29, 0.717) is 15.7 Å². The van der Waals surface area contributed by atoms with Gasteiger partial charge in [0.1, 0.15) is 12.7 Å². The van der Waals surface area contributed by atoms with Crippen LogP contribution in [-0.2, 0) is 5.75 Å². The molecule has 6 nitrogen and oxygen atoms in total. The molecule has 182 valence electrons. The maximum absolute atomic E-state index is 13.8. The third kappa shape index (κ3) is 3.94. The van der Waals surface area contributed by atoms with Crippen LogP contribution in [0.5, 0.6) is 5.75 Å². The molecule has 2 aromatic carbocycles. The number of aromatic hydroxyl groups is 1. The van der Waals surface area contributed by atoms with Crippen LogP contribution in [0.25, 0.3) is 0 Å². The average molecular weight is 522 g/mol. The van der Waals surface area contributed by atoms with Gasteiger partial charge in [-0.05, 0) is 41.8 Å². The van der Waals surface area contributed by atoms with Crippen LogP contribution in [0.15, 0.2) is 64.4 Å². The van der Waals surface area contributed by atoms with Crippen LogP contribution in [-0.4, -0.2) is 39.5 Å². The topological polar surface area (TPSA) is 65.8 Å². The van der Waals surface area contributed by atoms with Gasteiger partial charge in [0.05, 0.1) is 6.04 Å². The fraction of sp³-hybridized carbons (Fsp3) is 0.250. The number of amides is 1. The molecule has 0 unspecified atom stereocenters. The summed E-state index contributed by atoms with van der Waals surface area (Å²) in [6, 6.07) is 11.2. The molecule has 0 saturated carbocycles. The molecule has 1 aromatic heterocycles. The summed E-state index contributed by atoms with van der Waals surface area (Å²) in [5.74, 6) is -1.37. The number of aromatic nitrogens is 1. The predicted octanol–water partition coefficient (Wildman–Crippen LogP) is 4.90. The summed E-state index contributed by atoms with van der Waals surface area (Å²) in [6.07, 6.45) is -3.41. The first-order chi connectivity index (χ1) is 16.6. The Labute approximate surface area is 207 Å². The molecule has 3 heterocycles. The highest BCUT2D eigenvalue weighted by Gasteiger charge is 2.47. The first kappa shape index (κ1) is 23.6. The molecule has 3 aromatic rings. The third-order valence-electron chi connectivity index (χ3n) is 6.33. The number of carbonyl (C=O) groups excluding carboxylic acids is 1. The Morgan fingerprint density at radius 3 is 2.60 bits per heavy atom. The molecule has 0 saturated heterocycles. The van der Waals surface area contributed by atoms with Gasteiger partial charge in [0, 0.05) is 27.9 Å². The van der Waals surface area contributed by atoms with Crippen molar-refractivity contribution in [3.63, 3.8) is 0 Å². The summed E-state index contributed by atoms with van der Waals surface area (Å²) < 4.78 is 42.6. The number of benzene rings is 2. The number of thioether (sulfide) groups is 1. The van der Waals surface area contributed by atoms with E-state index >= 15 is 0 Å². The van der Waals surface area contributed by atoms with Crippen molar-refractivity contribution in [3.8, 4) is 5.75 Å². The van der Waals surface area contributed by atoms with E-state index in [2.05, 4.69) is 0 Å². The van der Waals surface area contributed by atoms with Gasteiger partial charge in [0.15, 0.2) is 11.4 Å². The number of hydrogen-bond donors (Lipinski definition) is 1. The Balaban J connectivity index is 1.79. The van der Waals surface area contributed by atoms with Crippen molar-refractivity contribution in [1.29, 1.82) is 0 Å². The van der Waals surface area contributed by atoms with E-state index in [0.717, 1.165) is 34.6 Å². The highest BCUT2D eigenvalue weighted by Crippen LogP contribution is 2.44. The Hall–Kier alpha value is -3.11. The maximum Gasteiger partial charge on any atom is 0.408 e. The molecule has 0 radical (unpaired) electrons. The number of hydrogen-bond acceptors (Lipinski definition) is 5. The standard InChI is InChI=1S/C24H19ClF3N3O3S/c1-13(24(26,27)28)29-12-31(30-9-8-18(32)22(33)21(30)23(29)34)20-16-4-2-3-5-19(16)35-11-14-6-7-15(25)10-17(14)20/h2-10,13,20,33H,11-12H2,1H3/t13-,20+/m1/s1. The van der Waals surface area contributed by atoms with Gasteiger partial charge in [-0.25, -0.2) is 0 Å². The second-order valence-electron chi connectivity index (χ2n) is 8.37. The van der Waals surface area contributed by atoms with Crippen molar-refractivity contribution in [2.45, 2.75) is 35.8 Å². The van der Waals surface area contributed by atoms with Crippen molar-refractivity contribution < 1.29 is 23.1 Å². The minimum absolute atomic E-state index is 0.440. The zero-order chi connectivity index (χ0) is 25.1. The van der Waals surface area contributed by atoms with Crippen LogP contribution in [0.3, 0.4) is 0 Å². The molecule has 11 heteroatoms. The summed E-state index contributed by atoms with van der Waals surface area (Å²) >= 11 is 7.93. The van der Waals surface area contributed by atoms with E-state index in [1.807, 2.05) is 30.3 Å². The molecule has 0 aliphatic carbocycles. The molecular weight excluding hydrogens is 503 g/mol. The molecular formula is C24H19ClF3N3O3S. The SMILES string of the molecule is C[C@@H](N1CN([C@@H]2c3cc(Cl)ccc3CSc3ccccc32)n2ccc(=O)c(O)c2C1=O)C(F)(F)F. The summed E-state index contributed by atoms with van der Waals surface area (Å²) in [6.45, 7) is 0.440. The lowest BCUT2D eigenvalue weighted by Crippen LogP contribution is -2.60. The zero-order valence-corrected chi connectivity index (χ0v) is 19.9. The number of fused-ring (bicyclic) bond motifs is 3. The van der Waals surface area contributed by atoms with Crippen molar-refractivity contribution in [2.75, 3.05) is 11.7 Å². The maximum atomic E-state index is 13.8. The minimum atomic E-state index is -4.72. The Bertz CT molecular complexity index is 1390. The molecule has 0 spiro atoms. The minimum Gasteiger partial charge on any atom is -0.502 e. The summed E-state index contributed by atoms with van der Waals surface area (Å²) in [5.41, 5.74) is 1.12. The summed E-state index contributed by atoms with van der Waals surface area (Å²) in [4.78, 5) is 26.9. The average Bonchev–Trinajstić information content (AvgIpc) is 2.97. The Kier molecular flexibility index (Phi) is 5.76. The number of nitrogens with zero attached hydrogens (tertiary/aromatic N) is 3. The van der Waals surface area contributed by atoms with Crippen molar-refractivity contribution in [1.82, 2.24) is 9.58 Å². The van der Waals surface area contributed by atoms with Crippen LogP contribution in [0.1, 0.15) is 40.1 Å². The van der Waals surface area contributed by atoms with E-state index < -0.39 is 47.7 Å². The lowest BCUT2D eigenvalue weighted by molar-refractivity contribution is -0.173. The highest BCUT2D eigenvalue weighted by atomic mass is 35.5. The van der Waals surface area contributed by atoms with Gasteiger partial charge >= 0.3 is 6.18 Å². The lowest BCUT2D eigenvalue weighted by Gasteiger charge is -2.46. The first-order valence-electron chi connectivity index (χ1n) is 10.7. The summed E-state index contributed by atoms with van der Waals surface area (Å²) in [5, 5.41) is 12.5. The lowest BCUT2D eigenvalue weighted by atomic mass is 9.94. The first-order valence-corrected chi connectivity index (χ1v) is 12.0. The number of pyridine rings is 1. The van der Waals surface area contributed by atoms with Crippen LogP contribution >= 0.6 is 23.4 Å². The van der Waals surface area contributed by atoms with Crippen molar-refractivity contribution >= 4 is 29.3 Å². The third-order valence-corrected chi connectivity index (χ3v) is 7.70. The van der Waals surface area contributed by atoms with Crippen LogP contribution in [0.2, 0.25) is 5.02 Å². The van der Waals surface area contributed by atoms with E-state index in [4.69, 9.17) is 11.6 Å². The predicted molar refractivity (Wildman–Crippen MR) is 126 cm³/mol. The molecule has 0 bridgehead atoms. The quantitative estimate of drug-likeness (QED) is 0.519. The van der Waals surface area contributed by atoms with Gasteiger partial charge in [-0.1, -0.05) is 35.9 Å². The fourth-order valence-corrected chi connectivity index (χ4v) is 5.75. The van der Waals surface area contributed by atoms with Crippen LogP contribution < -0.4 is 10.4 Å². The largest absolute Gasteiger partial charge is 0.502 e. The fourth-order valence-electron chi connectivity index (χ4n) is 4.47. The normalized spacial score (nSPS) is 18.4. The van der Waals surface area contributed by atoms with E-state index in [1.54, 1.807) is 28.9 Å².